The van der Waals surface area contributed by atoms with Gasteiger partial charge in [0.1, 0.15) is 6.61 Å². The molecule has 0 bridgehead atoms. The molecular formula is C23H27N3O5. The Kier molecular flexibility index (Phi) is 6.89. The molecule has 0 aliphatic carbocycles. The standard InChI is InChI=1S/C23H27N3O5/c1-5-15-13(4)19(14-10-8-9-11-17(14)24-15)21(27)31-12-18-20(22(28)30-7-3)16(6-2)25-23(29)26-18/h8-11,16H,5-7,12H2,1-4H3,(H2,25,26,29)/t16-/m0/s1. The van der Waals surface area contributed by atoms with Crippen LogP contribution in [-0.2, 0) is 20.7 Å². The van der Waals surface area contributed by atoms with Gasteiger partial charge in [-0.2, -0.15) is 0 Å². The van der Waals surface area contributed by atoms with Crippen molar-refractivity contribution in [3.63, 3.8) is 0 Å². The molecule has 8 heteroatoms. The van der Waals surface area contributed by atoms with E-state index in [4.69, 9.17) is 9.47 Å². The van der Waals surface area contributed by atoms with Crippen LogP contribution in [0.2, 0.25) is 0 Å². The molecule has 8 nitrogen and oxygen atoms in total. The summed E-state index contributed by atoms with van der Waals surface area (Å²) in [6, 6.07) is 6.41. The lowest BCUT2D eigenvalue weighted by Gasteiger charge is -2.28. The van der Waals surface area contributed by atoms with E-state index in [0.717, 1.165) is 11.3 Å². The van der Waals surface area contributed by atoms with Crippen molar-refractivity contribution >= 4 is 28.9 Å². The topological polar surface area (TPSA) is 107 Å². The van der Waals surface area contributed by atoms with E-state index >= 15 is 0 Å². The van der Waals surface area contributed by atoms with Crippen molar-refractivity contribution in [1.29, 1.82) is 0 Å². The maximum atomic E-state index is 13.1. The highest BCUT2D eigenvalue weighted by Crippen LogP contribution is 2.25. The Bertz CT molecular complexity index is 1060. The molecular weight excluding hydrogens is 398 g/mol. The quantitative estimate of drug-likeness (QED) is 0.660. The van der Waals surface area contributed by atoms with E-state index in [0.29, 0.717) is 29.3 Å². The number of hydrogen-bond acceptors (Lipinski definition) is 6. The van der Waals surface area contributed by atoms with Crippen LogP contribution in [0.1, 0.15) is 48.8 Å². The third-order valence-corrected chi connectivity index (χ3v) is 5.27. The number of aromatic nitrogens is 1. The van der Waals surface area contributed by atoms with E-state index in [-0.39, 0.29) is 24.5 Å². The minimum Gasteiger partial charge on any atom is -0.463 e. The largest absolute Gasteiger partial charge is 0.463 e. The summed E-state index contributed by atoms with van der Waals surface area (Å²) in [5.74, 6) is -1.09. The number of para-hydroxylation sites is 1. The first-order valence-electron chi connectivity index (χ1n) is 10.4. The predicted molar refractivity (Wildman–Crippen MR) is 116 cm³/mol. The van der Waals surface area contributed by atoms with Gasteiger partial charge in [-0.25, -0.2) is 14.4 Å². The third kappa shape index (κ3) is 4.52. The minimum absolute atomic E-state index is 0.196. The number of urea groups is 1. The molecule has 0 fully saturated rings. The van der Waals surface area contributed by atoms with Crippen LogP contribution in [0, 0.1) is 6.92 Å². The summed E-state index contributed by atoms with van der Waals surface area (Å²) >= 11 is 0. The number of nitrogens with zero attached hydrogens (tertiary/aromatic N) is 1. The summed E-state index contributed by atoms with van der Waals surface area (Å²) in [5, 5.41) is 5.98. The molecule has 2 amide bonds. The molecule has 0 radical (unpaired) electrons. The van der Waals surface area contributed by atoms with Crippen molar-refractivity contribution in [2.24, 2.45) is 0 Å². The van der Waals surface area contributed by atoms with Crippen LogP contribution in [0.3, 0.4) is 0 Å². The molecule has 1 aromatic carbocycles. The smallest absolute Gasteiger partial charge is 0.339 e. The molecule has 164 valence electrons. The number of hydrogen-bond donors (Lipinski definition) is 2. The van der Waals surface area contributed by atoms with Crippen molar-refractivity contribution in [1.82, 2.24) is 15.6 Å². The number of fused-ring (bicyclic) bond motifs is 1. The van der Waals surface area contributed by atoms with Crippen LogP contribution in [0.25, 0.3) is 10.9 Å². The summed E-state index contributed by atoms with van der Waals surface area (Å²) in [7, 11) is 0. The Hall–Kier alpha value is -3.42. The molecule has 31 heavy (non-hydrogen) atoms. The van der Waals surface area contributed by atoms with Gasteiger partial charge in [0.15, 0.2) is 0 Å². The van der Waals surface area contributed by atoms with E-state index in [2.05, 4.69) is 15.6 Å². The number of aryl methyl sites for hydroxylation is 1. The van der Waals surface area contributed by atoms with Gasteiger partial charge in [-0.3, -0.25) is 4.98 Å². The highest BCUT2D eigenvalue weighted by atomic mass is 16.5. The fourth-order valence-corrected chi connectivity index (χ4v) is 3.75. The molecule has 0 saturated carbocycles. The zero-order chi connectivity index (χ0) is 22.5. The van der Waals surface area contributed by atoms with Crippen LogP contribution >= 0.6 is 0 Å². The highest BCUT2D eigenvalue weighted by Gasteiger charge is 2.32. The summed E-state index contributed by atoms with van der Waals surface area (Å²) in [6.45, 7) is 7.31. The molecule has 0 unspecified atom stereocenters. The van der Waals surface area contributed by atoms with Crippen molar-refractivity contribution in [2.45, 2.75) is 46.6 Å². The molecule has 1 aliphatic rings. The summed E-state index contributed by atoms with van der Waals surface area (Å²) in [4.78, 5) is 42.3. The Morgan fingerprint density at radius 1 is 1.10 bits per heavy atom. The zero-order valence-electron chi connectivity index (χ0n) is 18.2. The van der Waals surface area contributed by atoms with Crippen molar-refractivity contribution in [3.05, 3.63) is 52.4 Å². The predicted octanol–water partition coefficient (Wildman–Crippen LogP) is 3.17. The van der Waals surface area contributed by atoms with E-state index in [9.17, 15) is 14.4 Å². The Balaban J connectivity index is 1.96. The minimum atomic E-state index is -0.549. The monoisotopic (exact) mass is 425 g/mol. The van der Waals surface area contributed by atoms with Crippen molar-refractivity contribution in [2.75, 3.05) is 13.2 Å². The Morgan fingerprint density at radius 3 is 2.52 bits per heavy atom. The summed E-state index contributed by atoms with van der Waals surface area (Å²) in [5.41, 5.74) is 3.22. The van der Waals surface area contributed by atoms with Gasteiger partial charge < -0.3 is 20.1 Å². The number of benzene rings is 1. The van der Waals surface area contributed by atoms with Crippen LogP contribution in [0.4, 0.5) is 4.79 Å². The van der Waals surface area contributed by atoms with E-state index < -0.39 is 24.0 Å². The lowest BCUT2D eigenvalue weighted by atomic mass is 10.00. The summed E-state index contributed by atoms with van der Waals surface area (Å²) < 4.78 is 10.7. The van der Waals surface area contributed by atoms with Crippen molar-refractivity contribution < 1.29 is 23.9 Å². The van der Waals surface area contributed by atoms with E-state index in [1.54, 1.807) is 6.92 Å². The lowest BCUT2D eigenvalue weighted by Crippen LogP contribution is -2.51. The second-order valence-electron chi connectivity index (χ2n) is 7.18. The van der Waals surface area contributed by atoms with E-state index in [1.807, 2.05) is 45.0 Å². The molecule has 2 N–H and O–H groups in total. The SMILES string of the molecule is CCOC(=O)C1=C(COC(=O)c2c(C)c(CC)nc3ccccc23)NC(=O)N[C@H]1CC. The van der Waals surface area contributed by atoms with Gasteiger partial charge in [0.25, 0.3) is 0 Å². The first kappa shape index (κ1) is 22.3. The molecule has 2 heterocycles. The fourth-order valence-electron chi connectivity index (χ4n) is 3.75. The molecule has 1 aliphatic heterocycles. The van der Waals surface area contributed by atoms with Gasteiger partial charge in [-0.05, 0) is 38.3 Å². The Morgan fingerprint density at radius 2 is 1.84 bits per heavy atom. The number of ether oxygens (including phenoxy) is 2. The number of carbonyl (C=O) groups is 3. The average Bonchev–Trinajstić information content (AvgIpc) is 2.76. The second kappa shape index (κ2) is 9.59. The molecule has 2 aromatic rings. The molecule has 1 aromatic heterocycles. The van der Waals surface area contributed by atoms with Gasteiger partial charge in [-0.15, -0.1) is 0 Å². The molecule has 0 saturated heterocycles. The third-order valence-electron chi connectivity index (χ3n) is 5.27. The molecule has 3 rings (SSSR count). The van der Waals surface area contributed by atoms with E-state index in [1.165, 1.54) is 0 Å². The Labute approximate surface area is 181 Å². The highest BCUT2D eigenvalue weighted by molar-refractivity contribution is 6.05. The maximum Gasteiger partial charge on any atom is 0.339 e. The lowest BCUT2D eigenvalue weighted by molar-refractivity contribution is -0.139. The van der Waals surface area contributed by atoms with Crippen LogP contribution in [-0.4, -0.2) is 42.2 Å². The first-order chi connectivity index (χ1) is 14.9. The average molecular weight is 425 g/mol. The molecule has 0 spiro atoms. The number of rotatable bonds is 7. The number of amides is 2. The van der Waals surface area contributed by atoms with Crippen LogP contribution in [0.5, 0.6) is 0 Å². The second-order valence-corrected chi connectivity index (χ2v) is 7.18. The van der Waals surface area contributed by atoms with Gasteiger partial charge in [0.2, 0.25) is 0 Å². The maximum absolute atomic E-state index is 13.1. The van der Waals surface area contributed by atoms with Crippen LogP contribution in [0.15, 0.2) is 35.5 Å². The van der Waals surface area contributed by atoms with Gasteiger partial charge in [0, 0.05) is 11.1 Å². The number of carbonyl (C=O) groups excluding carboxylic acids is 3. The van der Waals surface area contributed by atoms with Gasteiger partial charge >= 0.3 is 18.0 Å². The van der Waals surface area contributed by atoms with Gasteiger partial charge in [-0.1, -0.05) is 32.0 Å². The number of nitrogens with one attached hydrogen (secondary N) is 2. The van der Waals surface area contributed by atoms with Crippen LogP contribution < -0.4 is 10.6 Å². The zero-order valence-corrected chi connectivity index (χ0v) is 18.2. The summed E-state index contributed by atoms with van der Waals surface area (Å²) in [6.07, 6.45) is 1.17. The van der Waals surface area contributed by atoms with Gasteiger partial charge in [0.05, 0.1) is 35.0 Å². The normalized spacial score (nSPS) is 16.0. The first-order valence-corrected chi connectivity index (χ1v) is 10.4. The fraction of sp³-hybridized carbons (Fsp3) is 0.391. The number of esters is 2. The molecule has 1 atom stereocenters. The van der Waals surface area contributed by atoms with Crippen molar-refractivity contribution in [3.8, 4) is 0 Å². The number of pyridine rings is 1.